The quantitative estimate of drug-likeness (QED) is 0.186. The minimum absolute atomic E-state index is 0.210. The molecule has 0 aliphatic carbocycles. The van der Waals surface area contributed by atoms with Crippen LogP contribution in [-0.2, 0) is 18.8 Å². The number of hydrogen-bond acceptors (Lipinski definition) is 4. The summed E-state index contributed by atoms with van der Waals surface area (Å²) in [5.41, 5.74) is 0.781. The monoisotopic (exact) mass is 378 g/mol. The molecule has 1 aliphatic heterocycles. The van der Waals surface area contributed by atoms with Gasteiger partial charge in [-0.2, -0.15) is 0 Å². The largest absolute Gasteiger partial charge is 0.487 e. The van der Waals surface area contributed by atoms with Crippen molar-refractivity contribution in [1.29, 1.82) is 0 Å². The van der Waals surface area contributed by atoms with Crippen LogP contribution in [0.5, 0.6) is 0 Å². The molecule has 0 aromatic heterocycles. The third kappa shape index (κ3) is 9.11. The molecule has 0 atom stereocenters. The number of carbonyl (C=O) groups is 1. The molecule has 0 spiro atoms. The summed E-state index contributed by atoms with van der Waals surface area (Å²) in [6.45, 7) is 12.5. The zero-order valence-electron chi connectivity index (χ0n) is 18.3. The molecular formula is C22H39BO4. The molecule has 27 heavy (non-hydrogen) atoms. The first-order valence-corrected chi connectivity index (χ1v) is 10.5. The molecular weight excluding hydrogens is 339 g/mol. The minimum Gasteiger partial charge on any atom is -0.466 e. The van der Waals surface area contributed by atoms with Crippen molar-refractivity contribution in [2.75, 3.05) is 6.61 Å². The highest BCUT2D eigenvalue weighted by molar-refractivity contribution is 6.51. The fraction of sp³-hybridized carbons (Fsp3) is 0.773. The van der Waals surface area contributed by atoms with Gasteiger partial charge in [0.1, 0.15) is 0 Å². The summed E-state index contributed by atoms with van der Waals surface area (Å²) < 4.78 is 17.2. The lowest BCUT2D eigenvalue weighted by atomic mass is 9.84. The van der Waals surface area contributed by atoms with Gasteiger partial charge >= 0.3 is 13.1 Å². The van der Waals surface area contributed by atoms with E-state index in [-0.39, 0.29) is 24.3 Å². The standard InChI is InChI=1S/C22H39BO4/c1-7-8-9-12-15-20(16-13-10-11-14-17-25-19(2)24)18-23-26-21(3,4)22(5,6)27-23/h10,13,18H,7-9,11-12,14-17H2,1-6H3/b13-10+,20-18-. The van der Waals surface area contributed by atoms with Gasteiger partial charge in [0.05, 0.1) is 17.8 Å². The van der Waals surface area contributed by atoms with Crippen molar-refractivity contribution in [3.63, 3.8) is 0 Å². The molecule has 1 heterocycles. The number of hydrogen-bond donors (Lipinski definition) is 0. The van der Waals surface area contributed by atoms with Gasteiger partial charge in [-0.1, -0.05) is 49.9 Å². The lowest BCUT2D eigenvalue weighted by Gasteiger charge is -2.32. The Labute approximate surface area is 166 Å². The van der Waals surface area contributed by atoms with Crippen LogP contribution < -0.4 is 0 Å². The van der Waals surface area contributed by atoms with Gasteiger partial charge in [-0.05, 0) is 59.8 Å². The molecule has 1 rings (SSSR count). The molecule has 1 fully saturated rings. The number of unbranched alkanes of at least 4 members (excludes halogenated alkanes) is 4. The highest BCUT2D eigenvalue weighted by Crippen LogP contribution is 2.37. The van der Waals surface area contributed by atoms with Crippen LogP contribution in [0.25, 0.3) is 0 Å². The minimum atomic E-state index is -0.298. The second kappa shape index (κ2) is 11.7. The van der Waals surface area contributed by atoms with E-state index < -0.39 is 0 Å². The van der Waals surface area contributed by atoms with Gasteiger partial charge < -0.3 is 14.0 Å². The van der Waals surface area contributed by atoms with Gasteiger partial charge in [-0.3, -0.25) is 4.79 Å². The number of carbonyl (C=O) groups excluding carboxylic acids is 1. The fourth-order valence-electron chi connectivity index (χ4n) is 2.95. The average Bonchev–Trinajstić information content (AvgIpc) is 2.76. The van der Waals surface area contributed by atoms with Crippen molar-refractivity contribution < 1.29 is 18.8 Å². The molecule has 0 amide bonds. The molecule has 0 aromatic rings. The number of ether oxygens (including phenoxy) is 1. The SMILES string of the molecule is CCCCCC/C(=C/B1OC(C)(C)C(C)(C)O1)C/C=C/CCCOC(C)=O. The van der Waals surface area contributed by atoms with E-state index >= 15 is 0 Å². The Morgan fingerprint density at radius 3 is 2.26 bits per heavy atom. The molecule has 4 nitrogen and oxygen atoms in total. The van der Waals surface area contributed by atoms with E-state index in [4.69, 9.17) is 14.0 Å². The van der Waals surface area contributed by atoms with Gasteiger partial charge in [-0.25, -0.2) is 0 Å². The summed E-state index contributed by atoms with van der Waals surface area (Å²) in [6.07, 6.45) is 13.2. The molecule has 1 saturated heterocycles. The molecule has 0 bridgehead atoms. The average molecular weight is 378 g/mol. The van der Waals surface area contributed by atoms with Crippen LogP contribution in [0.2, 0.25) is 0 Å². The summed E-state index contributed by atoms with van der Waals surface area (Å²) in [7, 11) is -0.270. The molecule has 1 aliphatic rings. The van der Waals surface area contributed by atoms with Crippen molar-refractivity contribution in [2.24, 2.45) is 0 Å². The molecule has 0 aromatic carbocycles. The summed E-state index contributed by atoms with van der Waals surface area (Å²) >= 11 is 0. The first-order valence-electron chi connectivity index (χ1n) is 10.5. The van der Waals surface area contributed by atoms with E-state index in [0.717, 1.165) is 25.7 Å². The van der Waals surface area contributed by atoms with Crippen molar-refractivity contribution in [3.05, 3.63) is 23.7 Å². The highest BCUT2D eigenvalue weighted by atomic mass is 16.7. The summed E-state index contributed by atoms with van der Waals surface area (Å²) in [6, 6.07) is 0. The smallest absolute Gasteiger partial charge is 0.466 e. The maximum Gasteiger partial charge on any atom is 0.487 e. The fourth-order valence-corrected chi connectivity index (χ4v) is 2.95. The summed E-state index contributed by atoms with van der Waals surface area (Å²) in [5, 5.41) is 0. The number of esters is 1. The van der Waals surface area contributed by atoms with Crippen LogP contribution in [0.4, 0.5) is 0 Å². The maximum atomic E-state index is 10.8. The normalized spacial score (nSPS) is 19.0. The zero-order chi connectivity index (χ0) is 20.3. The Kier molecular flexibility index (Phi) is 10.4. The van der Waals surface area contributed by atoms with Crippen molar-refractivity contribution in [1.82, 2.24) is 0 Å². The number of rotatable bonds is 12. The molecule has 0 unspecified atom stereocenters. The Bertz CT molecular complexity index is 492. The summed E-state index contributed by atoms with van der Waals surface area (Å²) in [5.74, 6) is 1.96. The predicted molar refractivity (Wildman–Crippen MR) is 113 cm³/mol. The van der Waals surface area contributed by atoms with Crippen LogP contribution >= 0.6 is 0 Å². The molecule has 0 radical (unpaired) electrons. The molecule has 154 valence electrons. The molecule has 0 N–H and O–H groups in total. The van der Waals surface area contributed by atoms with Crippen LogP contribution in [-0.4, -0.2) is 30.9 Å². The van der Waals surface area contributed by atoms with Crippen molar-refractivity contribution >= 4 is 13.1 Å². The van der Waals surface area contributed by atoms with Gasteiger partial charge in [0.2, 0.25) is 0 Å². The van der Waals surface area contributed by atoms with E-state index in [2.05, 4.69) is 52.7 Å². The third-order valence-electron chi connectivity index (χ3n) is 5.36. The molecule has 0 saturated carbocycles. The van der Waals surface area contributed by atoms with Gasteiger partial charge in [-0.15, -0.1) is 0 Å². The first kappa shape index (κ1) is 24.0. The summed E-state index contributed by atoms with van der Waals surface area (Å²) in [4.78, 5) is 10.8. The van der Waals surface area contributed by atoms with E-state index in [9.17, 15) is 4.79 Å². The van der Waals surface area contributed by atoms with Gasteiger partial charge in [0.25, 0.3) is 0 Å². The number of allylic oxidation sites excluding steroid dienone is 3. The van der Waals surface area contributed by atoms with Gasteiger partial charge in [0.15, 0.2) is 0 Å². The second-order valence-electron chi connectivity index (χ2n) is 8.42. The lowest BCUT2D eigenvalue weighted by molar-refractivity contribution is -0.141. The third-order valence-corrected chi connectivity index (χ3v) is 5.36. The first-order chi connectivity index (χ1) is 12.7. The van der Waals surface area contributed by atoms with Crippen LogP contribution in [0, 0.1) is 0 Å². The Balaban J connectivity index is 2.55. The van der Waals surface area contributed by atoms with Crippen LogP contribution in [0.3, 0.4) is 0 Å². The Morgan fingerprint density at radius 1 is 1.00 bits per heavy atom. The van der Waals surface area contributed by atoms with Crippen molar-refractivity contribution in [2.45, 2.75) is 104 Å². The van der Waals surface area contributed by atoms with E-state index in [0.29, 0.717) is 6.61 Å². The maximum absolute atomic E-state index is 10.8. The Morgan fingerprint density at radius 2 is 1.67 bits per heavy atom. The van der Waals surface area contributed by atoms with E-state index in [1.54, 1.807) is 0 Å². The van der Waals surface area contributed by atoms with Crippen LogP contribution in [0.1, 0.15) is 92.9 Å². The van der Waals surface area contributed by atoms with Crippen molar-refractivity contribution in [3.8, 4) is 0 Å². The second-order valence-corrected chi connectivity index (χ2v) is 8.42. The van der Waals surface area contributed by atoms with E-state index in [1.165, 1.54) is 38.2 Å². The zero-order valence-corrected chi connectivity index (χ0v) is 18.3. The Hall–Kier alpha value is -1.07. The van der Waals surface area contributed by atoms with Gasteiger partial charge in [0, 0.05) is 6.92 Å². The lowest BCUT2D eigenvalue weighted by Crippen LogP contribution is -2.41. The highest BCUT2D eigenvalue weighted by Gasteiger charge is 2.50. The topological polar surface area (TPSA) is 44.8 Å². The predicted octanol–water partition coefficient (Wildman–Crippen LogP) is 5.80. The molecule has 5 heteroatoms. The van der Waals surface area contributed by atoms with E-state index in [1.807, 2.05) is 0 Å². The van der Waals surface area contributed by atoms with Crippen LogP contribution in [0.15, 0.2) is 23.7 Å².